The van der Waals surface area contributed by atoms with Crippen LogP contribution in [0.25, 0.3) is 0 Å². The summed E-state index contributed by atoms with van der Waals surface area (Å²) in [6.07, 6.45) is -1.54. The number of carbonyl (C=O) groups is 2. The fourth-order valence-corrected chi connectivity index (χ4v) is 6.14. The summed E-state index contributed by atoms with van der Waals surface area (Å²) in [5, 5.41) is 4.76. The Morgan fingerprint density at radius 1 is 1.24 bits per heavy atom. The monoisotopic (exact) mass is 496 g/mol. The van der Waals surface area contributed by atoms with Crippen molar-refractivity contribution in [2.24, 2.45) is 16.7 Å². The predicted octanol–water partition coefficient (Wildman–Crippen LogP) is 4.94. The van der Waals surface area contributed by atoms with Crippen molar-refractivity contribution in [1.29, 1.82) is 0 Å². The number of nitrogens with zero attached hydrogens (tertiary/aromatic N) is 2. The number of hydrogen-bond acceptors (Lipinski definition) is 4. The van der Waals surface area contributed by atoms with Crippen LogP contribution in [-0.4, -0.2) is 52.5 Å². The molecule has 1 saturated heterocycles. The van der Waals surface area contributed by atoms with Crippen LogP contribution in [0.15, 0.2) is 23.7 Å². The molecule has 6 nitrogen and oxygen atoms in total. The van der Waals surface area contributed by atoms with E-state index in [1.54, 1.807) is 5.38 Å². The summed E-state index contributed by atoms with van der Waals surface area (Å²) in [6, 6.07) is 2.85. The van der Waals surface area contributed by atoms with Gasteiger partial charge in [0.15, 0.2) is 0 Å². The number of carbonyl (C=O) groups excluding carboxylic acids is 2. The third kappa shape index (κ3) is 4.48. The van der Waals surface area contributed by atoms with Crippen LogP contribution in [-0.2, 0) is 4.79 Å². The summed E-state index contributed by atoms with van der Waals surface area (Å²) in [6.45, 7) is 9.29. The highest BCUT2D eigenvalue weighted by molar-refractivity contribution is 7.09. The van der Waals surface area contributed by atoms with E-state index in [1.165, 1.54) is 29.7 Å². The largest absolute Gasteiger partial charge is 0.398 e. The van der Waals surface area contributed by atoms with Gasteiger partial charge >= 0.3 is 6.18 Å². The number of likely N-dealkylation sites (tertiary alicyclic amines) is 1. The Kier molecular flexibility index (Phi) is 6.33. The minimum atomic E-state index is -4.48. The minimum Gasteiger partial charge on any atom is -0.364 e. The Labute approximate surface area is 201 Å². The third-order valence-corrected chi connectivity index (χ3v) is 9.04. The number of thiazole rings is 1. The first-order valence-electron chi connectivity index (χ1n) is 11.6. The van der Waals surface area contributed by atoms with E-state index in [1.807, 2.05) is 4.90 Å². The average Bonchev–Trinajstić information content (AvgIpc) is 3.30. The molecule has 2 aromatic rings. The topological polar surface area (TPSA) is 78.1 Å². The number of piperidine rings is 1. The highest BCUT2D eigenvalue weighted by Gasteiger charge is 2.68. The van der Waals surface area contributed by atoms with E-state index < -0.39 is 24.5 Å². The number of amides is 2. The van der Waals surface area contributed by atoms with E-state index in [4.69, 9.17) is 0 Å². The SMILES string of the molecule is CC1(C)C(C(=O)N2CCC(c3nc(C(=O)NCC(c4ccc[nH]4)C(F)(F)F)cs3)CC2)C1(C)C. The molecule has 0 bridgehead atoms. The molecule has 0 spiro atoms. The normalized spacial score (nSPS) is 21.3. The van der Waals surface area contributed by atoms with Gasteiger partial charge in [0.05, 0.1) is 5.01 Å². The molecule has 2 aromatic heterocycles. The van der Waals surface area contributed by atoms with Gasteiger partial charge in [-0.25, -0.2) is 4.98 Å². The maximum atomic E-state index is 13.4. The molecular formula is C24H31F3N4O2S. The summed E-state index contributed by atoms with van der Waals surface area (Å²) in [5.74, 6) is -2.04. The zero-order valence-corrected chi connectivity index (χ0v) is 20.6. The lowest BCUT2D eigenvalue weighted by Crippen LogP contribution is -2.40. The maximum absolute atomic E-state index is 13.4. The molecule has 2 fully saturated rings. The van der Waals surface area contributed by atoms with Crippen LogP contribution in [0.3, 0.4) is 0 Å². The van der Waals surface area contributed by atoms with Crippen molar-refractivity contribution in [1.82, 2.24) is 20.2 Å². The number of aromatic nitrogens is 2. The molecule has 2 N–H and O–H groups in total. The second-order valence-corrected chi connectivity index (χ2v) is 11.4. The summed E-state index contributed by atoms with van der Waals surface area (Å²) in [4.78, 5) is 34.4. The van der Waals surface area contributed by atoms with Crippen molar-refractivity contribution in [2.45, 2.75) is 58.5 Å². The Morgan fingerprint density at radius 3 is 2.41 bits per heavy atom. The molecule has 34 heavy (non-hydrogen) atoms. The zero-order chi connectivity index (χ0) is 24.9. The van der Waals surface area contributed by atoms with Gasteiger partial charge in [-0.3, -0.25) is 9.59 Å². The molecule has 1 unspecified atom stereocenters. The van der Waals surface area contributed by atoms with Gasteiger partial charge in [0.2, 0.25) is 5.91 Å². The van der Waals surface area contributed by atoms with Gasteiger partial charge in [-0.15, -0.1) is 11.3 Å². The van der Waals surface area contributed by atoms with Crippen molar-refractivity contribution in [3.63, 3.8) is 0 Å². The fraction of sp³-hybridized carbons (Fsp3) is 0.625. The minimum absolute atomic E-state index is 0.00447. The molecule has 1 aliphatic carbocycles. The lowest BCUT2D eigenvalue weighted by atomic mass is 9.96. The standard InChI is InChI=1S/C24H31F3N4O2S/c1-22(2)18(23(22,3)4)21(33)31-10-7-14(8-11-31)20-30-17(13-34-20)19(32)29-12-15(24(25,26)27)16-6-5-9-28-16/h5-6,9,13-15,18,28H,7-8,10-12H2,1-4H3,(H,29,32). The van der Waals surface area contributed by atoms with Gasteiger partial charge in [0.25, 0.3) is 5.91 Å². The third-order valence-electron chi connectivity index (χ3n) is 8.04. The Balaban J connectivity index is 1.31. The molecule has 1 atom stereocenters. The average molecular weight is 497 g/mol. The first kappa shape index (κ1) is 24.8. The summed E-state index contributed by atoms with van der Waals surface area (Å²) in [5.41, 5.74) is 0.146. The first-order chi connectivity index (χ1) is 15.8. The predicted molar refractivity (Wildman–Crippen MR) is 124 cm³/mol. The molecule has 3 heterocycles. The molecule has 1 saturated carbocycles. The quantitative estimate of drug-likeness (QED) is 0.595. The van der Waals surface area contributed by atoms with Crippen molar-refractivity contribution < 1.29 is 22.8 Å². The van der Waals surface area contributed by atoms with E-state index in [-0.39, 0.29) is 40.0 Å². The molecule has 2 aliphatic rings. The number of nitrogens with one attached hydrogen (secondary N) is 2. The van der Waals surface area contributed by atoms with Gasteiger partial charge < -0.3 is 15.2 Å². The molecule has 0 aromatic carbocycles. The number of halogens is 3. The molecule has 4 rings (SSSR count). The Hall–Kier alpha value is -2.36. The summed E-state index contributed by atoms with van der Waals surface area (Å²) < 4.78 is 40.2. The molecule has 186 valence electrons. The van der Waals surface area contributed by atoms with Crippen LogP contribution in [0.4, 0.5) is 13.2 Å². The van der Waals surface area contributed by atoms with Crippen molar-refractivity contribution in [3.8, 4) is 0 Å². The summed E-state index contributed by atoms with van der Waals surface area (Å²) >= 11 is 1.35. The van der Waals surface area contributed by atoms with Gasteiger partial charge in [-0.05, 0) is 35.8 Å². The number of H-pyrrole nitrogens is 1. The maximum Gasteiger partial charge on any atom is 0.398 e. The van der Waals surface area contributed by atoms with Gasteiger partial charge in [0.1, 0.15) is 11.6 Å². The number of aromatic amines is 1. The van der Waals surface area contributed by atoms with Crippen LogP contribution in [0.5, 0.6) is 0 Å². The molecule has 2 amide bonds. The molecular weight excluding hydrogens is 465 g/mol. The van der Waals surface area contributed by atoms with E-state index in [9.17, 15) is 22.8 Å². The van der Waals surface area contributed by atoms with E-state index >= 15 is 0 Å². The van der Waals surface area contributed by atoms with Crippen molar-refractivity contribution in [2.75, 3.05) is 19.6 Å². The van der Waals surface area contributed by atoms with Crippen LogP contribution in [0.1, 0.15) is 73.6 Å². The van der Waals surface area contributed by atoms with Crippen molar-refractivity contribution in [3.05, 3.63) is 40.1 Å². The lowest BCUT2D eigenvalue weighted by molar-refractivity contribution is -0.149. The smallest absolute Gasteiger partial charge is 0.364 e. The van der Waals surface area contributed by atoms with Crippen LogP contribution in [0.2, 0.25) is 0 Å². The van der Waals surface area contributed by atoms with Gasteiger partial charge in [-0.1, -0.05) is 27.7 Å². The zero-order valence-electron chi connectivity index (χ0n) is 19.8. The summed E-state index contributed by atoms with van der Waals surface area (Å²) in [7, 11) is 0. The highest BCUT2D eigenvalue weighted by atomic mass is 32.1. The van der Waals surface area contributed by atoms with Crippen molar-refractivity contribution >= 4 is 23.2 Å². The second kappa shape index (κ2) is 8.70. The highest BCUT2D eigenvalue weighted by Crippen LogP contribution is 2.68. The second-order valence-electron chi connectivity index (χ2n) is 10.5. The lowest BCUT2D eigenvalue weighted by Gasteiger charge is -2.31. The number of alkyl halides is 3. The fourth-order valence-electron chi connectivity index (χ4n) is 5.17. The van der Waals surface area contributed by atoms with Gasteiger partial charge in [-0.2, -0.15) is 13.2 Å². The van der Waals surface area contributed by atoms with E-state index in [2.05, 4.69) is 43.0 Å². The van der Waals surface area contributed by atoms with Crippen LogP contribution < -0.4 is 5.32 Å². The first-order valence-corrected chi connectivity index (χ1v) is 12.4. The van der Waals surface area contributed by atoms with Gasteiger partial charge in [0, 0.05) is 48.7 Å². The van der Waals surface area contributed by atoms with E-state index in [0.717, 1.165) is 17.8 Å². The molecule has 1 aliphatic heterocycles. The number of hydrogen-bond donors (Lipinski definition) is 2. The molecule has 10 heteroatoms. The Bertz CT molecular complexity index is 1020. The van der Waals surface area contributed by atoms with Crippen LogP contribution in [0, 0.1) is 16.7 Å². The molecule has 0 radical (unpaired) electrons. The van der Waals surface area contributed by atoms with Crippen LogP contribution >= 0.6 is 11.3 Å². The number of rotatable bonds is 6. The van der Waals surface area contributed by atoms with E-state index in [0.29, 0.717) is 13.1 Å². The Morgan fingerprint density at radius 2 is 1.88 bits per heavy atom.